The van der Waals surface area contributed by atoms with Crippen molar-refractivity contribution in [2.24, 2.45) is 15.7 Å². The zero-order valence-electron chi connectivity index (χ0n) is 5.96. The quantitative estimate of drug-likeness (QED) is 0.425. The molecule has 0 saturated carbocycles. The predicted octanol–water partition coefficient (Wildman–Crippen LogP) is 0.454. The fourth-order valence-electron chi connectivity index (χ4n) is 0.490. The largest absolute Gasteiger partial charge is 0.324 e. The van der Waals surface area contributed by atoms with E-state index in [1.165, 1.54) is 0 Å². The molecule has 0 spiro atoms. The second kappa shape index (κ2) is 5.44. The van der Waals surface area contributed by atoms with E-state index in [4.69, 9.17) is 5.73 Å². The van der Waals surface area contributed by atoms with Gasteiger partial charge in [0.05, 0.1) is 6.54 Å². The molecule has 0 amide bonds. The Balaban J connectivity index is 3.81. The standard InChI is InChI=1S/C6H13N3/c1-3-8-6(5-7)9-4-2/h3H,4-5,7H2,1-2H3. The van der Waals surface area contributed by atoms with Gasteiger partial charge in [0, 0.05) is 12.8 Å². The van der Waals surface area contributed by atoms with Gasteiger partial charge in [-0.3, -0.25) is 4.99 Å². The second-order valence-electron chi connectivity index (χ2n) is 1.48. The number of nitrogens with zero attached hydrogens (tertiary/aromatic N) is 2. The first-order chi connectivity index (χ1) is 4.35. The van der Waals surface area contributed by atoms with Crippen LogP contribution in [0.2, 0.25) is 0 Å². The minimum Gasteiger partial charge on any atom is -0.324 e. The van der Waals surface area contributed by atoms with Crippen LogP contribution in [0.3, 0.4) is 0 Å². The van der Waals surface area contributed by atoms with E-state index in [-0.39, 0.29) is 0 Å². The maximum Gasteiger partial charge on any atom is 0.136 e. The van der Waals surface area contributed by atoms with E-state index in [0.29, 0.717) is 6.54 Å². The van der Waals surface area contributed by atoms with Crippen LogP contribution in [0, 0.1) is 0 Å². The third-order valence-corrected chi connectivity index (χ3v) is 0.801. The number of aliphatic imine (C=N–C) groups is 2. The van der Waals surface area contributed by atoms with Gasteiger partial charge in [-0.05, 0) is 13.8 Å². The van der Waals surface area contributed by atoms with Gasteiger partial charge >= 0.3 is 0 Å². The molecular weight excluding hydrogens is 114 g/mol. The molecule has 2 N–H and O–H groups in total. The molecule has 0 aromatic heterocycles. The summed E-state index contributed by atoms with van der Waals surface area (Å²) >= 11 is 0. The van der Waals surface area contributed by atoms with Gasteiger partial charge in [-0.1, -0.05) is 0 Å². The highest BCUT2D eigenvalue weighted by Crippen LogP contribution is 1.77. The molecule has 52 valence electrons. The lowest BCUT2D eigenvalue weighted by Gasteiger charge is -1.91. The molecule has 0 unspecified atom stereocenters. The van der Waals surface area contributed by atoms with Gasteiger partial charge in [0.25, 0.3) is 0 Å². The van der Waals surface area contributed by atoms with Gasteiger partial charge in [0.2, 0.25) is 0 Å². The van der Waals surface area contributed by atoms with Crippen LogP contribution in [0.25, 0.3) is 0 Å². The van der Waals surface area contributed by atoms with Crippen LogP contribution in [-0.2, 0) is 0 Å². The Kier molecular flexibility index (Phi) is 5.01. The van der Waals surface area contributed by atoms with E-state index in [1.807, 2.05) is 13.8 Å². The van der Waals surface area contributed by atoms with Crippen LogP contribution in [0.4, 0.5) is 0 Å². The monoisotopic (exact) mass is 127 g/mol. The Bertz CT molecular complexity index is 115. The van der Waals surface area contributed by atoms with Crippen molar-refractivity contribution in [2.75, 3.05) is 13.1 Å². The Morgan fingerprint density at radius 1 is 1.67 bits per heavy atom. The summed E-state index contributed by atoms with van der Waals surface area (Å²) in [6.45, 7) is 4.99. The number of nitrogens with two attached hydrogens (primary N) is 1. The van der Waals surface area contributed by atoms with E-state index in [2.05, 4.69) is 9.98 Å². The molecule has 0 bridgehead atoms. The summed E-state index contributed by atoms with van der Waals surface area (Å²) in [7, 11) is 0. The van der Waals surface area contributed by atoms with Crippen molar-refractivity contribution < 1.29 is 0 Å². The van der Waals surface area contributed by atoms with Crippen LogP contribution >= 0.6 is 0 Å². The summed E-state index contributed by atoms with van der Waals surface area (Å²) in [5.41, 5.74) is 5.30. The minimum absolute atomic E-state index is 0.429. The zero-order valence-corrected chi connectivity index (χ0v) is 5.96. The van der Waals surface area contributed by atoms with Crippen molar-refractivity contribution in [1.29, 1.82) is 0 Å². The third-order valence-electron chi connectivity index (χ3n) is 0.801. The SMILES string of the molecule is CC=NC(CN)=NCC. The molecule has 0 aromatic carbocycles. The summed E-state index contributed by atoms with van der Waals surface area (Å²) < 4.78 is 0. The van der Waals surface area contributed by atoms with Crippen LogP contribution in [0.1, 0.15) is 13.8 Å². The molecule has 0 saturated heterocycles. The number of hydrogen-bond acceptors (Lipinski definition) is 2. The van der Waals surface area contributed by atoms with Crippen LogP contribution in [0.5, 0.6) is 0 Å². The van der Waals surface area contributed by atoms with Crippen molar-refractivity contribution in [1.82, 2.24) is 0 Å². The number of rotatable bonds is 2. The van der Waals surface area contributed by atoms with E-state index >= 15 is 0 Å². The highest BCUT2D eigenvalue weighted by molar-refractivity contribution is 5.90. The van der Waals surface area contributed by atoms with Gasteiger partial charge < -0.3 is 5.73 Å². The van der Waals surface area contributed by atoms with Crippen molar-refractivity contribution >= 4 is 12.1 Å². The average molecular weight is 127 g/mol. The summed E-state index contributed by atoms with van der Waals surface area (Å²) in [6.07, 6.45) is 1.70. The van der Waals surface area contributed by atoms with E-state index in [0.717, 1.165) is 12.4 Å². The summed E-state index contributed by atoms with van der Waals surface area (Å²) in [6, 6.07) is 0. The van der Waals surface area contributed by atoms with E-state index < -0.39 is 0 Å². The molecule has 9 heavy (non-hydrogen) atoms. The lowest BCUT2D eigenvalue weighted by molar-refractivity contribution is 1.10. The van der Waals surface area contributed by atoms with Crippen molar-refractivity contribution in [2.45, 2.75) is 13.8 Å². The van der Waals surface area contributed by atoms with Crippen molar-refractivity contribution in [3.05, 3.63) is 0 Å². The summed E-state index contributed by atoms with van der Waals surface area (Å²) in [5, 5.41) is 0. The first-order valence-corrected chi connectivity index (χ1v) is 3.07. The molecule has 0 aliphatic heterocycles. The molecule has 0 aliphatic rings. The van der Waals surface area contributed by atoms with E-state index in [1.54, 1.807) is 6.21 Å². The second-order valence-corrected chi connectivity index (χ2v) is 1.48. The molecule has 0 rings (SSSR count). The third kappa shape index (κ3) is 3.85. The molecule has 0 radical (unpaired) electrons. The van der Waals surface area contributed by atoms with Gasteiger partial charge in [-0.25, -0.2) is 4.99 Å². The highest BCUT2D eigenvalue weighted by Gasteiger charge is 1.85. The van der Waals surface area contributed by atoms with Gasteiger partial charge in [0.1, 0.15) is 5.84 Å². The lowest BCUT2D eigenvalue weighted by Crippen LogP contribution is -2.11. The average Bonchev–Trinajstić information content (AvgIpc) is 1.88. The Morgan fingerprint density at radius 2 is 2.33 bits per heavy atom. The predicted molar refractivity (Wildman–Crippen MR) is 41.2 cm³/mol. The van der Waals surface area contributed by atoms with Crippen LogP contribution in [-0.4, -0.2) is 25.1 Å². The smallest absolute Gasteiger partial charge is 0.136 e. The summed E-state index contributed by atoms with van der Waals surface area (Å²) in [4.78, 5) is 7.96. The highest BCUT2D eigenvalue weighted by atomic mass is 14.9. The normalized spacial score (nSPS) is 13.0. The van der Waals surface area contributed by atoms with Crippen molar-refractivity contribution in [3.8, 4) is 0 Å². The molecule has 3 nitrogen and oxygen atoms in total. The van der Waals surface area contributed by atoms with Gasteiger partial charge in [-0.2, -0.15) is 0 Å². The molecule has 0 fully saturated rings. The van der Waals surface area contributed by atoms with Gasteiger partial charge in [0.15, 0.2) is 0 Å². The molecular formula is C6H13N3. The van der Waals surface area contributed by atoms with Crippen LogP contribution < -0.4 is 5.73 Å². The molecule has 3 heteroatoms. The van der Waals surface area contributed by atoms with E-state index in [9.17, 15) is 0 Å². The number of hydrogen-bond donors (Lipinski definition) is 1. The van der Waals surface area contributed by atoms with Gasteiger partial charge in [-0.15, -0.1) is 0 Å². The molecule has 0 atom stereocenters. The molecule has 0 heterocycles. The Labute approximate surface area is 55.7 Å². The van der Waals surface area contributed by atoms with Crippen molar-refractivity contribution in [3.63, 3.8) is 0 Å². The van der Waals surface area contributed by atoms with Crippen LogP contribution in [0.15, 0.2) is 9.98 Å². The number of amidine groups is 1. The maximum absolute atomic E-state index is 5.30. The summed E-state index contributed by atoms with van der Waals surface area (Å²) in [5.74, 6) is 0.722. The lowest BCUT2D eigenvalue weighted by atomic mass is 10.6. The first kappa shape index (κ1) is 8.30. The minimum atomic E-state index is 0.429. The Hall–Kier alpha value is -0.700. The maximum atomic E-state index is 5.30. The first-order valence-electron chi connectivity index (χ1n) is 3.07. The fraction of sp³-hybridized carbons (Fsp3) is 0.667. The topological polar surface area (TPSA) is 50.7 Å². The zero-order chi connectivity index (χ0) is 7.11. The molecule has 0 aromatic rings. The Morgan fingerprint density at radius 3 is 2.67 bits per heavy atom. The fourth-order valence-corrected chi connectivity index (χ4v) is 0.490. The molecule has 0 aliphatic carbocycles.